The number of carbonyl (C=O) groups excluding carboxylic acids is 1. The maximum absolute atomic E-state index is 10.7. The molecule has 2 nitrogen and oxygen atoms in total. The van der Waals surface area contributed by atoms with Gasteiger partial charge in [-0.15, -0.1) is 0 Å². The zero-order valence-electron chi connectivity index (χ0n) is 7.58. The van der Waals surface area contributed by atoms with Gasteiger partial charge in [0, 0.05) is 17.5 Å². The second-order valence-corrected chi connectivity index (χ2v) is 3.18. The first-order chi connectivity index (χ1) is 6.11. The van der Waals surface area contributed by atoms with Gasteiger partial charge in [-0.3, -0.25) is 4.79 Å². The standard InChI is InChI=1S/C10H11ClO2/c1-7(13-8(2)12)9-5-3-4-6-10(9)11/h3-7H,1-2H3. The van der Waals surface area contributed by atoms with Crippen LogP contribution in [0.1, 0.15) is 25.5 Å². The summed E-state index contributed by atoms with van der Waals surface area (Å²) in [4.78, 5) is 10.7. The molecule has 1 aromatic carbocycles. The van der Waals surface area contributed by atoms with Gasteiger partial charge in [0.25, 0.3) is 0 Å². The van der Waals surface area contributed by atoms with Gasteiger partial charge in [0.2, 0.25) is 0 Å². The van der Waals surface area contributed by atoms with Crippen LogP contribution in [0.2, 0.25) is 5.02 Å². The minimum absolute atomic E-state index is 0.286. The Kier molecular flexibility index (Phi) is 3.32. The van der Waals surface area contributed by atoms with Gasteiger partial charge in [0.05, 0.1) is 0 Å². The number of carbonyl (C=O) groups is 1. The zero-order valence-corrected chi connectivity index (χ0v) is 8.34. The molecule has 0 heterocycles. The van der Waals surface area contributed by atoms with E-state index in [0.29, 0.717) is 5.02 Å². The lowest BCUT2D eigenvalue weighted by Gasteiger charge is -2.12. The van der Waals surface area contributed by atoms with Crippen LogP contribution in [0.5, 0.6) is 0 Å². The summed E-state index contributed by atoms with van der Waals surface area (Å²) < 4.78 is 4.99. The minimum Gasteiger partial charge on any atom is -0.458 e. The summed E-state index contributed by atoms with van der Waals surface area (Å²) >= 11 is 5.91. The van der Waals surface area contributed by atoms with Gasteiger partial charge < -0.3 is 4.74 Å². The maximum atomic E-state index is 10.7. The molecule has 0 bridgehead atoms. The number of hydrogen-bond donors (Lipinski definition) is 0. The van der Waals surface area contributed by atoms with E-state index in [2.05, 4.69) is 0 Å². The Hall–Kier alpha value is -1.02. The first-order valence-electron chi connectivity index (χ1n) is 4.03. The van der Waals surface area contributed by atoms with Crippen LogP contribution in [0.15, 0.2) is 24.3 Å². The van der Waals surface area contributed by atoms with E-state index < -0.39 is 0 Å². The molecule has 1 aromatic rings. The molecule has 1 rings (SSSR count). The van der Waals surface area contributed by atoms with Crippen molar-refractivity contribution in [2.24, 2.45) is 0 Å². The Bertz CT molecular complexity index is 310. The van der Waals surface area contributed by atoms with Gasteiger partial charge in [0.15, 0.2) is 0 Å². The first kappa shape index (κ1) is 10.1. The molecule has 1 atom stereocenters. The molecule has 0 saturated heterocycles. The Morgan fingerprint density at radius 1 is 1.46 bits per heavy atom. The molecular formula is C10H11ClO2. The molecule has 70 valence electrons. The van der Waals surface area contributed by atoms with Crippen molar-refractivity contribution in [3.8, 4) is 0 Å². The minimum atomic E-state index is -0.299. The lowest BCUT2D eigenvalue weighted by Crippen LogP contribution is -2.04. The third kappa shape index (κ3) is 2.74. The van der Waals surface area contributed by atoms with Crippen LogP contribution in [-0.2, 0) is 9.53 Å². The lowest BCUT2D eigenvalue weighted by molar-refractivity contribution is -0.145. The molecule has 0 aromatic heterocycles. The van der Waals surface area contributed by atoms with Crippen LogP contribution < -0.4 is 0 Å². The van der Waals surface area contributed by atoms with Gasteiger partial charge in [-0.25, -0.2) is 0 Å². The Morgan fingerprint density at radius 2 is 2.08 bits per heavy atom. The summed E-state index contributed by atoms with van der Waals surface area (Å²) in [5, 5.41) is 0.622. The number of halogens is 1. The molecule has 3 heteroatoms. The van der Waals surface area contributed by atoms with Crippen LogP contribution >= 0.6 is 11.6 Å². The molecule has 0 aliphatic rings. The summed E-state index contributed by atoms with van der Waals surface area (Å²) in [5.41, 5.74) is 0.833. The lowest BCUT2D eigenvalue weighted by atomic mass is 10.1. The third-order valence-electron chi connectivity index (χ3n) is 1.69. The first-order valence-corrected chi connectivity index (χ1v) is 4.40. The van der Waals surface area contributed by atoms with Crippen molar-refractivity contribution in [3.63, 3.8) is 0 Å². The molecule has 13 heavy (non-hydrogen) atoms. The normalized spacial score (nSPS) is 12.2. The molecule has 0 spiro atoms. The van der Waals surface area contributed by atoms with Crippen molar-refractivity contribution >= 4 is 17.6 Å². The highest BCUT2D eigenvalue weighted by Crippen LogP contribution is 2.24. The zero-order chi connectivity index (χ0) is 9.84. The molecule has 0 saturated carbocycles. The molecule has 0 radical (unpaired) electrons. The van der Waals surface area contributed by atoms with E-state index in [0.717, 1.165) is 5.56 Å². The van der Waals surface area contributed by atoms with Crippen molar-refractivity contribution in [1.82, 2.24) is 0 Å². The van der Waals surface area contributed by atoms with E-state index in [9.17, 15) is 4.79 Å². The van der Waals surface area contributed by atoms with E-state index >= 15 is 0 Å². The average molecular weight is 199 g/mol. The van der Waals surface area contributed by atoms with E-state index in [1.54, 1.807) is 13.0 Å². The van der Waals surface area contributed by atoms with Crippen molar-refractivity contribution in [3.05, 3.63) is 34.9 Å². The quantitative estimate of drug-likeness (QED) is 0.683. The fourth-order valence-corrected chi connectivity index (χ4v) is 1.41. The van der Waals surface area contributed by atoms with Gasteiger partial charge >= 0.3 is 5.97 Å². The highest BCUT2D eigenvalue weighted by atomic mass is 35.5. The molecule has 0 fully saturated rings. The fraction of sp³-hybridized carbons (Fsp3) is 0.300. The summed E-state index contributed by atoms with van der Waals surface area (Å²) in [6, 6.07) is 7.32. The average Bonchev–Trinajstić information content (AvgIpc) is 2.03. The topological polar surface area (TPSA) is 26.3 Å². The molecule has 0 N–H and O–H groups in total. The van der Waals surface area contributed by atoms with Gasteiger partial charge in [-0.2, -0.15) is 0 Å². The van der Waals surface area contributed by atoms with Crippen molar-refractivity contribution in [1.29, 1.82) is 0 Å². The fourth-order valence-electron chi connectivity index (χ4n) is 1.12. The predicted octanol–water partition coefficient (Wildman–Crippen LogP) is 2.96. The number of rotatable bonds is 2. The molecule has 1 unspecified atom stereocenters. The predicted molar refractivity (Wildman–Crippen MR) is 51.6 cm³/mol. The van der Waals surface area contributed by atoms with Gasteiger partial charge in [-0.1, -0.05) is 29.8 Å². The smallest absolute Gasteiger partial charge is 0.303 e. The second-order valence-electron chi connectivity index (χ2n) is 2.77. The highest BCUT2D eigenvalue weighted by molar-refractivity contribution is 6.31. The summed E-state index contributed by atoms with van der Waals surface area (Å²) in [7, 11) is 0. The monoisotopic (exact) mass is 198 g/mol. The van der Waals surface area contributed by atoms with E-state index in [-0.39, 0.29) is 12.1 Å². The molecule has 0 amide bonds. The maximum Gasteiger partial charge on any atom is 0.303 e. The van der Waals surface area contributed by atoms with Crippen molar-refractivity contribution < 1.29 is 9.53 Å². The molecule has 0 aliphatic carbocycles. The van der Waals surface area contributed by atoms with E-state index in [1.165, 1.54) is 6.92 Å². The number of ether oxygens (including phenoxy) is 1. The Balaban J connectivity index is 2.82. The third-order valence-corrected chi connectivity index (χ3v) is 2.03. The Morgan fingerprint density at radius 3 is 2.62 bits per heavy atom. The number of benzene rings is 1. The Labute approximate surface area is 82.5 Å². The highest BCUT2D eigenvalue weighted by Gasteiger charge is 2.10. The number of hydrogen-bond acceptors (Lipinski definition) is 2. The van der Waals surface area contributed by atoms with Crippen LogP contribution in [0.3, 0.4) is 0 Å². The van der Waals surface area contributed by atoms with Crippen LogP contribution in [0, 0.1) is 0 Å². The summed E-state index contributed by atoms with van der Waals surface area (Å²) in [5.74, 6) is -0.299. The van der Waals surface area contributed by atoms with Gasteiger partial charge in [0.1, 0.15) is 6.10 Å². The van der Waals surface area contributed by atoms with E-state index in [1.807, 2.05) is 18.2 Å². The largest absolute Gasteiger partial charge is 0.458 e. The number of esters is 1. The molecule has 0 aliphatic heterocycles. The summed E-state index contributed by atoms with van der Waals surface area (Å²) in [6.07, 6.45) is -0.286. The van der Waals surface area contributed by atoms with Gasteiger partial charge in [-0.05, 0) is 13.0 Å². The van der Waals surface area contributed by atoms with Crippen LogP contribution in [0.25, 0.3) is 0 Å². The molecular weight excluding hydrogens is 188 g/mol. The second kappa shape index (κ2) is 4.28. The van der Waals surface area contributed by atoms with Crippen molar-refractivity contribution in [2.45, 2.75) is 20.0 Å². The van der Waals surface area contributed by atoms with Crippen LogP contribution in [0.4, 0.5) is 0 Å². The van der Waals surface area contributed by atoms with E-state index in [4.69, 9.17) is 16.3 Å². The summed E-state index contributed by atoms with van der Waals surface area (Å²) in [6.45, 7) is 3.18. The van der Waals surface area contributed by atoms with Crippen LogP contribution in [-0.4, -0.2) is 5.97 Å². The van der Waals surface area contributed by atoms with Crippen molar-refractivity contribution in [2.75, 3.05) is 0 Å². The SMILES string of the molecule is CC(=O)OC(C)c1ccccc1Cl.